The van der Waals surface area contributed by atoms with Gasteiger partial charge >= 0.3 is 0 Å². The molecule has 0 fully saturated rings. The van der Waals surface area contributed by atoms with E-state index >= 15 is 0 Å². The van der Waals surface area contributed by atoms with Gasteiger partial charge in [0.2, 0.25) is 0 Å². The number of furan rings is 1. The van der Waals surface area contributed by atoms with Crippen LogP contribution < -0.4 is 0 Å². The lowest BCUT2D eigenvalue weighted by Gasteiger charge is -2.18. The molecule has 0 bridgehead atoms. The molecule has 0 aliphatic heterocycles. The van der Waals surface area contributed by atoms with Crippen molar-refractivity contribution in [2.75, 3.05) is 0 Å². The van der Waals surface area contributed by atoms with Gasteiger partial charge in [0, 0.05) is 5.56 Å². The molecule has 2 heteroatoms. The summed E-state index contributed by atoms with van der Waals surface area (Å²) < 4.78 is 5.34. The second kappa shape index (κ2) is 4.81. The van der Waals surface area contributed by atoms with Crippen molar-refractivity contribution in [2.45, 2.75) is 38.0 Å². The first-order valence-electron chi connectivity index (χ1n) is 6.55. The summed E-state index contributed by atoms with van der Waals surface area (Å²) in [5, 5.41) is -0.101. The zero-order valence-corrected chi connectivity index (χ0v) is 11.3. The molecule has 1 aliphatic carbocycles. The van der Waals surface area contributed by atoms with E-state index in [-0.39, 0.29) is 5.38 Å². The lowest BCUT2D eigenvalue weighted by atomic mass is 9.89. The number of halogens is 1. The van der Waals surface area contributed by atoms with E-state index in [2.05, 4.69) is 18.2 Å². The Bertz CT molecular complexity index is 556. The lowest BCUT2D eigenvalue weighted by molar-refractivity contribution is 0.530. The molecule has 18 heavy (non-hydrogen) atoms. The Morgan fingerprint density at radius 1 is 1.11 bits per heavy atom. The second-order valence-electron chi connectivity index (χ2n) is 5.03. The van der Waals surface area contributed by atoms with Crippen molar-refractivity contribution in [3.63, 3.8) is 0 Å². The smallest absolute Gasteiger partial charge is 0.105 e. The summed E-state index contributed by atoms with van der Waals surface area (Å²) in [7, 11) is 0. The van der Waals surface area contributed by atoms with E-state index in [1.54, 1.807) is 6.26 Å². The van der Waals surface area contributed by atoms with Crippen molar-refractivity contribution in [1.29, 1.82) is 0 Å². The third kappa shape index (κ3) is 2.08. The van der Waals surface area contributed by atoms with Gasteiger partial charge in [-0.2, -0.15) is 0 Å². The predicted molar refractivity (Wildman–Crippen MR) is 74.2 cm³/mol. The molecular formula is C16H17ClO. The maximum atomic E-state index is 6.56. The van der Waals surface area contributed by atoms with Gasteiger partial charge in [-0.3, -0.25) is 0 Å². The van der Waals surface area contributed by atoms with E-state index in [9.17, 15) is 0 Å². The molecule has 1 atom stereocenters. The minimum absolute atomic E-state index is 0.101. The minimum atomic E-state index is -0.101. The Labute approximate surface area is 113 Å². The first-order chi connectivity index (χ1) is 8.75. The van der Waals surface area contributed by atoms with Crippen molar-refractivity contribution < 1.29 is 4.42 Å². The molecule has 1 unspecified atom stereocenters. The molecule has 0 saturated heterocycles. The van der Waals surface area contributed by atoms with E-state index in [1.165, 1.54) is 42.4 Å². The van der Waals surface area contributed by atoms with Crippen LogP contribution >= 0.6 is 11.6 Å². The van der Waals surface area contributed by atoms with Crippen LogP contribution in [-0.2, 0) is 12.8 Å². The van der Waals surface area contributed by atoms with E-state index < -0.39 is 0 Å². The monoisotopic (exact) mass is 260 g/mol. The molecule has 0 saturated carbocycles. The molecule has 0 radical (unpaired) electrons. The highest BCUT2D eigenvalue weighted by Gasteiger charge is 2.17. The van der Waals surface area contributed by atoms with Crippen molar-refractivity contribution >= 4 is 11.6 Å². The van der Waals surface area contributed by atoms with Crippen LogP contribution in [0.3, 0.4) is 0 Å². The molecule has 0 N–H and O–H groups in total. The topological polar surface area (TPSA) is 13.1 Å². The largest absolute Gasteiger partial charge is 0.469 e. The van der Waals surface area contributed by atoms with Crippen LogP contribution in [0.2, 0.25) is 0 Å². The standard InChI is InChI=1S/C16H17ClO/c1-11-15(8-9-18-11)16(17)14-7-6-12-4-2-3-5-13(12)10-14/h6-10,16H,2-5H2,1H3. The van der Waals surface area contributed by atoms with E-state index in [0.29, 0.717) is 0 Å². The van der Waals surface area contributed by atoms with Crippen LogP contribution in [0.5, 0.6) is 0 Å². The van der Waals surface area contributed by atoms with E-state index in [0.717, 1.165) is 11.3 Å². The molecule has 94 valence electrons. The van der Waals surface area contributed by atoms with Crippen LogP contribution in [0, 0.1) is 6.92 Å². The number of hydrogen-bond acceptors (Lipinski definition) is 1. The SMILES string of the molecule is Cc1occc1C(Cl)c1ccc2c(c1)CCCC2. The fourth-order valence-electron chi connectivity index (χ4n) is 2.75. The molecule has 1 aromatic heterocycles. The molecule has 0 spiro atoms. The molecule has 2 aromatic rings. The predicted octanol–water partition coefficient (Wildman–Crippen LogP) is 4.80. The maximum absolute atomic E-state index is 6.56. The van der Waals surface area contributed by atoms with Gasteiger partial charge in [-0.25, -0.2) is 0 Å². The molecule has 1 nitrogen and oxygen atoms in total. The zero-order chi connectivity index (χ0) is 12.5. The average molecular weight is 261 g/mol. The summed E-state index contributed by atoms with van der Waals surface area (Å²) in [6.07, 6.45) is 6.73. The maximum Gasteiger partial charge on any atom is 0.105 e. The molecular weight excluding hydrogens is 244 g/mol. The van der Waals surface area contributed by atoms with E-state index in [1.807, 2.05) is 13.0 Å². The van der Waals surface area contributed by atoms with Gasteiger partial charge in [-0.15, -0.1) is 11.6 Å². The summed E-state index contributed by atoms with van der Waals surface area (Å²) in [5.74, 6) is 0.910. The normalized spacial score (nSPS) is 16.3. The minimum Gasteiger partial charge on any atom is -0.469 e. The highest BCUT2D eigenvalue weighted by atomic mass is 35.5. The third-order valence-electron chi connectivity index (χ3n) is 3.84. The van der Waals surface area contributed by atoms with Gasteiger partial charge in [0.15, 0.2) is 0 Å². The molecule has 1 aromatic carbocycles. The first kappa shape index (κ1) is 11.9. The van der Waals surface area contributed by atoms with E-state index in [4.69, 9.17) is 16.0 Å². The second-order valence-corrected chi connectivity index (χ2v) is 5.47. The van der Waals surface area contributed by atoms with Gasteiger partial charge in [0.05, 0.1) is 11.6 Å². The molecule has 1 aliphatic rings. The van der Waals surface area contributed by atoms with Crippen LogP contribution in [0.15, 0.2) is 34.9 Å². The number of hydrogen-bond donors (Lipinski definition) is 0. The summed E-state index contributed by atoms with van der Waals surface area (Å²) in [4.78, 5) is 0. The van der Waals surface area contributed by atoms with Gasteiger partial charge < -0.3 is 4.42 Å². The lowest BCUT2D eigenvalue weighted by Crippen LogP contribution is -2.04. The molecule has 1 heterocycles. The highest BCUT2D eigenvalue weighted by Crippen LogP contribution is 2.33. The number of aryl methyl sites for hydroxylation is 3. The molecule has 0 amide bonds. The Hall–Kier alpha value is -1.21. The first-order valence-corrected chi connectivity index (χ1v) is 6.99. The van der Waals surface area contributed by atoms with Crippen molar-refractivity contribution in [1.82, 2.24) is 0 Å². The van der Waals surface area contributed by atoms with Crippen LogP contribution in [0.1, 0.15) is 46.2 Å². The van der Waals surface area contributed by atoms with Crippen LogP contribution in [-0.4, -0.2) is 0 Å². The van der Waals surface area contributed by atoms with Crippen molar-refractivity contribution in [2.24, 2.45) is 0 Å². The Balaban J connectivity index is 1.95. The van der Waals surface area contributed by atoms with Gasteiger partial charge in [-0.05, 0) is 55.4 Å². The third-order valence-corrected chi connectivity index (χ3v) is 4.32. The van der Waals surface area contributed by atoms with Crippen molar-refractivity contribution in [3.05, 3.63) is 58.5 Å². The fourth-order valence-corrected chi connectivity index (χ4v) is 3.11. The summed E-state index contributed by atoms with van der Waals surface area (Å²) in [6, 6.07) is 8.65. The quantitative estimate of drug-likeness (QED) is 0.708. The van der Waals surface area contributed by atoms with Crippen molar-refractivity contribution in [3.8, 4) is 0 Å². The van der Waals surface area contributed by atoms with Crippen LogP contribution in [0.4, 0.5) is 0 Å². The van der Waals surface area contributed by atoms with Gasteiger partial charge in [0.1, 0.15) is 5.76 Å². The Morgan fingerprint density at radius 2 is 1.89 bits per heavy atom. The summed E-state index contributed by atoms with van der Waals surface area (Å²) in [5.41, 5.74) is 5.23. The summed E-state index contributed by atoms with van der Waals surface area (Å²) >= 11 is 6.56. The number of benzene rings is 1. The van der Waals surface area contributed by atoms with Gasteiger partial charge in [-0.1, -0.05) is 18.2 Å². The number of rotatable bonds is 2. The van der Waals surface area contributed by atoms with Crippen LogP contribution in [0.25, 0.3) is 0 Å². The molecule has 3 rings (SSSR count). The highest BCUT2D eigenvalue weighted by molar-refractivity contribution is 6.22. The van der Waals surface area contributed by atoms with Gasteiger partial charge in [0.25, 0.3) is 0 Å². The zero-order valence-electron chi connectivity index (χ0n) is 10.6. The average Bonchev–Trinajstić information content (AvgIpc) is 2.83. The number of alkyl halides is 1. The number of fused-ring (bicyclic) bond motifs is 1. The summed E-state index contributed by atoms with van der Waals surface area (Å²) in [6.45, 7) is 1.96. The fraction of sp³-hybridized carbons (Fsp3) is 0.375. The Kier molecular flexibility index (Phi) is 3.17. The Morgan fingerprint density at radius 3 is 2.61 bits per heavy atom.